The van der Waals surface area contributed by atoms with Crippen LogP contribution in [0, 0.1) is 0 Å². The first-order valence-electron chi connectivity index (χ1n) is 4.74. The molecule has 0 amide bonds. The lowest BCUT2D eigenvalue weighted by Gasteiger charge is -2.05. The Hall–Kier alpha value is -1.21. The first-order valence-corrected chi connectivity index (χ1v) is 6.39. The molecule has 0 aliphatic rings. The van der Waals surface area contributed by atoms with Gasteiger partial charge < -0.3 is 4.98 Å². The highest BCUT2D eigenvalue weighted by Crippen LogP contribution is 1.96. The van der Waals surface area contributed by atoms with Gasteiger partial charge in [-0.2, -0.15) is 0 Å². The number of hydrogen-bond donors (Lipinski definition) is 2. The summed E-state index contributed by atoms with van der Waals surface area (Å²) in [5.74, 6) is -0.243. The summed E-state index contributed by atoms with van der Waals surface area (Å²) in [5.41, 5.74) is 0.271. The van der Waals surface area contributed by atoms with Crippen LogP contribution in [-0.4, -0.2) is 25.8 Å². The number of H-pyrrole nitrogens is 1. The first-order chi connectivity index (χ1) is 7.53. The summed E-state index contributed by atoms with van der Waals surface area (Å²) in [5, 5.41) is 0. The van der Waals surface area contributed by atoms with Gasteiger partial charge in [0.05, 0.1) is 12.4 Å². The van der Waals surface area contributed by atoms with Gasteiger partial charge in [0.15, 0.2) is 0 Å². The van der Waals surface area contributed by atoms with Crippen LogP contribution in [0.1, 0.15) is 12.0 Å². The fourth-order valence-electron chi connectivity index (χ4n) is 1.11. The molecule has 0 radical (unpaired) electrons. The minimum atomic E-state index is -3.46. The highest BCUT2D eigenvalue weighted by atomic mass is 32.2. The Kier molecular flexibility index (Phi) is 4.63. The van der Waals surface area contributed by atoms with Gasteiger partial charge in [0, 0.05) is 18.8 Å². The molecule has 0 aliphatic carbocycles. The molecule has 0 saturated heterocycles. The number of rotatable bonds is 6. The second-order valence-corrected chi connectivity index (χ2v) is 5.17. The van der Waals surface area contributed by atoms with Crippen LogP contribution in [0.5, 0.6) is 0 Å². The summed E-state index contributed by atoms with van der Waals surface area (Å²) >= 11 is 0. The Balaban J connectivity index is 2.54. The highest BCUT2D eigenvalue weighted by molar-refractivity contribution is 7.89. The first kappa shape index (κ1) is 12.9. The zero-order valence-electron chi connectivity index (χ0n) is 8.57. The van der Waals surface area contributed by atoms with Crippen molar-refractivity contribution in [2.24, 2.45) is 0 Å². The monoisotopic (exact) mass is 248 g/mol. The maximum atomic E-state index is 11.8. The summed E-state index contributed by atoms with van der Waals surface area (Å²) in [7, 11) is -3.46. The lowest BCUT2D eigenvalue weighted by Crippen LogP contribution is -2.26. The molecule has 0 atom stereocenters. The molecule has 1 aromatic heterocycles. The van der Waals surface area contributed by atoms with Crippen molar-refractivity contribution in [1.29, 1.82) is 0 Å². The average molecular weight is 248 g/mol. The molecule has 0 fully saturated rings. The number of aromatic nitrogens is 1. The van der Waals surface area contributed by atoms with Gasteiger partial charge in [-0.1, -0.05) is 0 Å². The van der Waals surface area contributed by atoms with E-state index < -0.39 is 16.7 Å². The normalized spacial score (nSPS) is 11.6. The van der Waals surface area contributed by atoms with E-state index in [1.807, 2.05) is 0 Å². The summed E-state index contributed by atoms with van der Waals surface area (Å²) < 4.78 is 36.7. The molecule has 0 aliphatic heterocycles. The van der Waals surface area contributed by atoms with Crippen molar-refractivity contribution in [2.75, 3.05) is 12.4 Å². The smallest absolute Gasteiger partial charge is 0.248 e. The predicted molar refractivity (Wildman–Crippen MR) is 58.3 cm³/mol. The third-order valence-electron chi connectivity index (χ3n) is 1.88. The fourth-order valence-corrected chi connectivity index (χ4v) is 2.13. The number of pyridine rings is 1. The molecular formula is C9H13FN2O3S. The molecule has 1 rings (SSSR count). The van der Waals surface area contributed by atoms with Crippen LogP contribution in [0.4, 0.5) is 4.39 Å². The molecule has 2 N–H and O–H groups in total. The number of alkyl halides is 1. The van der Waals surface area contributed by atoms with E-state index in [1.54, 1.807) is 6.07 Å². The molecule has 0 saturated carbocycles. The van der Waals surface area contributed by atoms with Gasteiger partial charge in [-0.05, 0) is 18.1 Å². The number of aromatic amines is 1. The van der Waals surface area contributed by atoms with E-state index >= 15 is 0 Å². The molecule has 16 heavy (non-hydrogen) atoms. The maximum Gasteiger partial charge on any atom is 0.248 e. The number of nitrogens with one attached hydrogen (secondary N) is 2. The number of halogens is 1. The van der Waals surface area contributed by atoms with Crippen LogP contribution in [0.3, 0.4) is 0 Å². The maximum absolute atomic E-state index is 11.8. The standard InChI is InChI=1S/C9H13FN2O3S/c10-3-1-5-16(14,15)12-7-8-2-4-11-9(13)6-8/h2,4,6,12H,1,3,5,7H2,(H,11,13). The van der Waals surface area contributed by atoms with E-state index in [-0.39, 0.29) is 24.3 Å². The van der Waals surface area contributed by atoms with Crippen LogP contribution < -0.4 is 10.3 Å². The van der Waals surface area contributed by atoms with Crippen molar-refractivity contribution in [3.63, 3.8) is 0 Å². The summed E-state index contributed by atoms with van der Waals surface area (Å²) in [6.45, 7) is -0.621. The topological polar surface area (TPSA) is 79.0 Å². The molecular weight excluding hydrogens is 235 g/mol. The van der Waals surface area contributed by atoms with Crippen molar-refractivity contribution in [2.45, 2.75) is 13.0 Å². The second kappa shape index (κ2) is 5.76. The van der Waals surface area contributed by atoms with Crippen molar-refractivity contribution in [1.82, 2.24) is 9.71 Å². The SMILES string of the molecule is O=c1cc(CNS(=O)(=O)CCCF)cc[nH]1. The molecule has 0 spiro atoms. The van der Waals surface area contributed by atoms with E-state index in [0.717, 1.165) is 0 Å². The Morgan fingerprint density at radius 1 is 1.44 bits per heavy atom. The van der Waals surface area contributed by atoms with E-state index in [0.29, 0.717) is 5.56 Å². The van der Waals surface area contributed by atoms with Gasteiger partial charge in [-0.3, -0.25) is 9.18 Å². The van der Waals surface area contributed by atoms with Crippen LogP contribution in [0.25, 0.3) is 0 Å². The Morgan fingerprint density at radius 3 is 2.81 bits per heavy atom. The zero-order valence-corrected chi connectivity index (χ0v) is 9.39. The van der Waals surface area contributed by atoms with E-state index in [9.17, 15) is 17.6 Å². The van der Waals surface area contributed by atoms with Crippen molar-refractivity contribution >= 4 is 10.0 Å². The summed E-state index contributed by atoms with van der Waals surface area (Å²) in [6.07, 6.45) is 1.41. The molecule has 0 bridgehead atoms. The number of hydrogen-bond acceptors (Lipinski definition) is 3. The average Bonchev–Trinajstić information content (AvgIpc) is 2.24. The predicted octanol–water partition coefficient (Wildman–Crippen LogP) is 0.154. The lowest BCUT2D eigenvalue weighted by atomic mass is 10.3. The minimum Gasteiger partial charge on any atom is -0.329 e. The van der Waals surface area contributed by atoms with Crippen LogP contribution in [0.2, 0.25) is 0 Å². The third-order valence-corrected chi connectivity index (χ3v) is 3.29. The van der Waals surface area contributed by atoms with Crippen molar-refractivity contribution in [3.05, 3.63) is 34.2 Å². The molecule has 7 heteroatoms. The van der Waals surface area contributed by atoms with Gasteiger partial charge in [0.25, 0.3) is 0 Å². The molecule has 5 nitrogen and oxygen atoms in total. The quantitative estimate of drug-likeness (QED) is 0.752. The Labute approximate surface area is 92.7 Å². The van der Waals surface area contributed by atoms with Gasteiger partial charge >= 0.3 is 0 Å². The Morgan fingerprint density at radius 2 is 2.19 bits per heavy atom. The van der Waals surface area contributed by atoms with Gasteiger partial charge in [0.2, 0.25) is 15.6 Å². The third kappa shape index (κ3) is 4.54. The highest BCUT2D eigenvalue weighted by Gasteiger charge is 2.09. The minimum absolute atomic E-state index is 0.0231. The van der Waals surface area contributed by atoms with E-state index in [1.165, 1.54) is 12.3 Å². The number of sulfonamides is 1. The van der Waals surface area contributed by atoms with E-state index in [2.05, 4.69) is 9.71 Å². The van der Waals surface area contributed by atoms with Crippen LogP contribution >= 0.6 is 0 Å². The molecule has 0 aromatic carbocycles. The molecule has 90 valence electrons. The van der Waals surface area contributed by atoms with Crippen molar-refractivity contribution < 1.29 is 12.8 Å². The molecule has 1 heterocycles. The van der Waals surface area contributed by atoms with Gasteiger partial charge in [-0.15, -0.1) is 0 Å². The fraction of sp³-hybridized carbons (Fsp3) is 0.444. The second-order valence-electron chi connectivity index (χ2n) is 3.24. The molecule has 0 unspecified atom stereocenters. The van der Waals surface area contributed by atoms with Crippen LogP contribution in [-0.2, 0) is 16.6 Å². The zero-order chi connectivity index (χ0) is 12.0. The Bertz CT molecular complexity index is 484. The summed E-state index contributed by atoms with van der Waals surface area (Å²) in [6, 6.07) is 2.90. The summed E-state index contributed by atoms with van der Waals surface area (Å²) in [4.78, 5) is 13.3. The van der Waals surface area contributed by atoms with Gasteiger partial charge in [0.1, 0.15) is 0 Å². The van der Waals surface area contributed by atoms with Crippen molar-refractivity contribution in [3.8, 4) is 0 Å². The molecule has 1 aromatic rings. The lowest BCUT2D eigenvalue weighted by molar-refractivity contribution is 0.483. The van der Waals surface area contributed by atoms with Gasteiger partial charge in [-0.25, -0.2) is 13.1 Å². The largest absolute Gasteiger partial charge is 0.329 e. The van der Waals surface area contributed by atoms with Crippen LogP contribution in [0.15, 0.2) is 23.1 Å². The van der Waals surface area contributed by atoms with E-state index in [4.69, 9.17) is 0 Å².